The largest absolute Gasteiger partial charge is 0.360 e. The molecule has 3 aliphatic rings. The van der Waals surface area contributed by atoms with E-state index >= 15 is 0 Å². The number of hydrogen-bond acceptors (Lipinski definition) is 2. The highest BCUT2D eigenvalue weighted by atomic mass is 16.2. The first-order valence-electron chi connectivity index (χ1n) is 8.17. The first kappa shape index (κ1) is 14.2. The van der Waals surface area contributed by atoms with Crippen molar-refractivity contribution >= 4 is 23.0 Å². The number of allylic oxidation sites excluding steroid dienone is 2. The van der Waals surface area contributed by atoms with Crippen molar-refractivity contribution in [3.8, 4) is 0 Å². The van der Waals surface area contributed by atoms with Gasteiger partial charge in [0.1, 0.15) is 0 Å². The fourth-order valence-electron chi connectivity index (χ4n) is 4.03. The van der Waals surface area contributed by atoms with E-state index in [0.29, 0.717) is 16.9 Å². The summed E-state index contributed by atoms with van der Waals surface area (Å²) < 4.78 is 0. The van der Waals surface area contributed by atoms with Crippen LogP contribution in [0.3, 0.4) is 0 Å². The van der Waals surface area contributed by atoms with E-state index in [4.69, 9.17) is 0 Å². The highest BCUT2D eigenvalue weighted by molar-refractivity contribution is 6.06. The van der Waals surface area contributed by atoms with Crippen LogP contribution in [0.4, 0.5) is 0 Å². The minimum Gasteiger partial charge on any atom is -0.360 e. The van der Waals surface area contributed by atoms with Gasteiger partial charge in [0.05, 0.1) is 11.8 Å². The average molecular weight is 307 g/mol. The summed E-state index contributed by atoms with van der Waals surface area (Å²) in [5.74, 6) is 1.21. The molecule has 3 aliphatic carbocycles. The second-order valence-corrected chi connectivity index (χ2v) is 7.19. The molecular weight excluding hydrogens is 286 g/mol. The van der Waals surface area contributed by atoms with Gasteiger partial charge in [0.25, 0.3) is 5.91 Å². The lowest BCUT2D eigenvalue weighted by atomic mass is 9.49. The molecule has 2 atom stereocenters. The summed E-state index contributed by atoms with van der Waals surface area (Å²) in [6, 6.07) is 7.77. The predicted molar refractivity (Wildman–Crippen MR) is 92.3 cm³/mol. The molecule has 1 fully saturated rings. The van der Waals surface area contributed by atoms with Crippen LogP contribution in [-0.2, 0) is 0 Å². The van der Waals surface area contributed by atoms with Crippen LogP contribution < -0.4 is 5.43 Å². The normalized spacial score (nSPS) is 25.2. The molecule has 1 amide bonds. The monoisotopic (exact) mass is 307 g/mol. The number of carbonyl (C=O) groups excluding carboxylic acids is 1. The molecule has 2 bridgehead atoms. The summed E-state index contributed by atoms with van der Waals surface area (Å²) in [6.07, 6.45) is 8.21. The summed E-state index contributed by atoms with van der Waals surface area (Å²) in [5, 5.41) is 5.11. The van der Waals surface area contributed by atoms with Gasteiger partial charge in [-0.3, -0.25) is 4.79 Å². The van der Waals surface area contributed by atoms with Crippen molar-refractivity contribution in [2.24, 2.45) is 22.4 Å². The molecule has 5 rings (SSSR count). The van der Waals surface area contributed by atoms with Crippen molar-refractivity contribution in [1.29, 1.82) is 0 Å². The van der Waals surface area contributed by atoms with Gasteiger partial charge in [0.2, 0.25) is 0 Å². The zero-order valence-corrected chi connectivity index (χ0v) is 13.5. The maximum atomic E-state index is 12.3. The Hall–Kier alpha value is -2.36. The Labute approximate surface area is 135 Å². The number of hydrazone groups is 1. The van der Waals surface area contributed by atoms with E-state index < -0.39 is 0 Å². The molecular formula is C19H21N3O. The van der Waals surface area contributed by atoms with E-state index in [1.807, 2.05) is 30.5 Å². The van der Waals surface area contributed by atoms with E-state index in [0.717, 1.165) is 23.2 Å². The molecule has 4 heteroatoms. The Morgan fingerprint density at radius 2 is 2.22 bits per heavy atom. The van der Waals surface area contributed by atoms with Crippen molar-refractivity contribution in [1.82, 2.24) is 10.4 Å². The highest BCUT2D eigenvalue weighted by Gasteiger charge is 2.50. The van der Waals surface area contributed by atoms with Crippen LogP contribution in [0.1, 0.15) is 37.0 Å². The molecule has 2 N–H and O–H groups in total. The number of amides is 1. The maximum absolute atomic E-state index is 12.3. The van der Waals surface area contributed by atoms with Crippen molar-refractivity contribution in [3.05, 3.63) is 47.7 Å². The van der Waals surface area contributed by atoms with E-state index in [2.05, 4.69) is 35.4 Å². The number of nitrogens with one attached hydrogen (secondary N) is 2. The molecule has 23 heavy (non-hydrogen) atoms. The number of aromatic nitrogens is 1. The molecule has 1 saturated carbocycles. The number of para-hydroxylation sites is 1. The SMILES string of the molecule is CC1(C)C2CC=C(C=NNC(=O)c3c[nH]c4ccccc34)C1C2. The van der Waals surface area contributed by atoms with Crippen LogP contribution in [0.5, 0.6) is 0 Å². The van der Waals surface area contributed by atoms with Gasteiger partial charge in [-0.15, -0.1) is 0 Å². The standard InChI is InChI=1S/C19H21N3O/c1-19(2)13-8-7-12(16(19)9-13)10-21-22-18(23)15-11-20-17-6-4-3-5-14(15)17/h3-7,10-11,13,16,20H,8-9H2,1-2H3,(H,22,23). The lowest BCUT2D eigenvalue weighted by Crippen LogP contribution is -2.48. The third-order valence-corrected chi connectivity index (χ3v) is 5.72. The van der Waals surface area contributed by atoms with E-state index in [1.165, 1.54) is 12.0 Å². The molecule has 2 aromatic rings. The Bertz CT molecular complexity index is 828. The van der Waals surface area contributed by atoms with Crippen LogP contribution in [-0.4, -0.2) is 17.1 Å². The van der Waals surface area contributed by atoms with E-state index in [1.54, 1.807) is 6.20 Å². The summed E-state index contributed by atoms with van der Waals surface area (Å²) in [7, 11) is 0. The lowest BCUT2D eigenvalue weighted by Gasteiger charge is -2.55. The quantitative estimate of drug-likeness (QED) is 0.656. The van der Waals surface area contributed by atoms with E-state index in [9.17, 15) is 4.79 Å². The Kier molecular flexibility index (Phi) is 3.15. The average Bonchev–Trinajstić information content (AvgIpc) is 2.99. The number of H-pyrrole nitrogens is 1. The lowest BCUT2D eigenvalue weighted by molar-refractivity contribution is -0.00126. The fraction of sp³-hybridized carbons (Fsp3) is 0.368. The van der Waals surface area contributed by atoms with E-state index in [-0.39, 0.29) is 5.91 Å². The van der Waals surface area contributed by atoms with Crippen LogP contribution in [0.15, 0.2) is 47.2 Å². The summed E-state index contributed by atoms with van der Waals surface area (Å²) in [4.78, 5) is 15.4. The molecule has 0 spiro atoms. The van der Waals surface area contributed by atoms with Crippen molar-refractivity contribution in [3.63, 3.8) is 0 Å². The maximum Gasteiger partial charge on any atom is 0.273 e. The van der Waals surface area contributed by atoms with Crippen LogP contribution in [0, 0.1) is 17.3 Å². The van der Waals surface area contributed by atoms with Gasteiger partial charge in [0, 0.05) is 17.1 Å². The third-order valence-electron chi connectivity index (χ3n) is 5.72. The molecule has 118 valence electrons. The summed E-state index contributed by atoms with van der Waals surface area (Å²) >= 11 is 0. The Morgan fingerprint density at radius 1 is 1.39 bits per heavy atom. The van der Waals surface area contributed by atoms with Crippen molar-refractivity contribution in [2.75, 3.05) is 0 Å². The molecule has 1 aromatic heterocycles. The fourth-order valence-corrected chi connectivity index (χ4v) is 4.03. The number of aromatic amines is 1. The topological polar surface area (TPSA) is 57.2 Å². The Morgan fingerprint density at radius 3 is 3.00 bits per heavy atom. The predicted octanol–water partition coefficient (Wildman–Crippen LogP) is 3.88. The van der Waals surface area contributed by atoms with Crippen LogP contribution in [0.25, 0.3) is 10.9 Å². The van der Waals surface area contributed by atoms with Gasteiger partial charge in [-0.25, -0.2) is 5.43 Å². The van der Waals surface area contributed by atoms with Gasteiger partial charge in [-0.1, -0.05) is 38.1 Å². The number of nitrogens with zero attached hydrogens (tertiary/aromatic N) is 1. The molecule has 1 aromatic carbocycles. The van der Waals surface area contributed by atoms with Crippen molar-refractivity contribution < 1.29 is 4.79 Å². The highest BCUT2D eigenvalue weighted by Crippen LogP contribution is 2.58. The minimum atomic E-state index is -0.180. The number of fused-ring (bicyclic) bond motifs is 2. The van der Waals surface area contributed by atoms with Gasteiger partial charge in [-0.2, -0.15) is 5.10 Å². The first-order chi connectivity index (χ1) is 11.1. The number of rotatable bonds is 3. The summed E-state index contributed by atoms with van der Waals surface area (Å²) in [5.41, 5.74) is 5.87. The zero-order valence-electron chi connectivity index (χ0n) is 13.5. The van der Waals surface area contributed by atoms with Crippen LogP contribution in [0.2, 0.25) is 0 Å². The molecule has 0 saturated heterocycles. The molecule has 4 nitrogen and oxygen atoms in total. The zero-order chi connectivity index (χ0) is 16.0. The summed E-state index contributed by atoms with van der Waals surface area (Å²) in [6.45, 7) is 4.66. The molecule has 1 heterocycles. The number of hydrogen-bond donors (Lipinski definition) is 2. The smallest absolute Gasteiger partial charge is 0.273 e. The first-order valence-corrected chi connectivity index (χ1v) is 8.17. The van der Waals surface area contributed by atoms with Gasteiger partial charge < -0.3 is 4.98 Å². The second kappa shape index (κ2) is 5.08. The second-order valence-electron chi connectivity index (χ2n) is 7.19. The van der Waals surface area contributed by atoms with Gasteiger partial charge in [-0.05, 0) is 41.7 Å². The molecule has 2 unspecified atom stereocenters. The van der Waals surface area contributed by atoms with Crippen molar-refractivity contribution in [2.45, 2.75) is 26.7 Å². The van der Waals surface area contributed by atoms with Gasteiger partial charge >= 0.3 is 0 Å². The molecule has 0 radical (unpaired) electrons. The third kappa shape index (κ3) is 2.21. The minimum absolute atomic E-state index is 0.180. The Balaban J connectivity index is 1.47. The van der Waals surface area contributed by atoms with Crippen LogP contribution >= 0.6 is 0 Å². The number of carbonyl (C=O) groups is 1. The molecule has 0 aliphatic heterocycles. The number of benzene rings is 1. The van der Waals surface area contributed by atoms with Gasteiger partial charge in [0.15, 0.2) is 0 Å².